The fourth-order valence-electron chi connectivity index (χ4n) is 11.4. The van der Waals surface area contributed by atoms with Gasteiger partial charge in [0.05, 0.1) is 12.2 Å². The number of carbonyl (C=O) groups is 2. The van der Waals surface area contributed by atoms with E-state index in [1.807, 2.05) is 13.8 Å². The number of ketones is 2. The number of hydrogen-bond acceptors (Lipinski definition) is 4. The average molecular weight is 1130 g/mol. The van der Waals surface area contributed by atoms with Crippen LogP contribution >= 0.6 is 0 Å². The first-order valence-electron chi connectivity index (χ1n) is 30.7. The average Bonchev–Trinajstić information content (AvgIpc) is 1.98. The van der Waals surface area contributed by atoms with Crippen LogP contribution in [0.2, 0.25) is 0 Å². The number of aliphatic hydroxyl groups is 2. The Hall–Kier alpha value is -6.46. The van der Waals surface area contributed by atoms with E-state index < -0.39 is 0 Å². The lowest BCUT2D eigenvalue weighted by atomic mass is 9.71. The van der Waals surface area contributed by atoms with E-state index in [-0.39, 0.29) is 45.4 Å². The summed E-state index contributed by atoms with van der Waals surface area (Å²) in [4.78, 5) is 24.3. The van der Waals surface area contributed by atoms with E-state index in [9.17, 15) is 19.8 Å². The van der Waals surface area contributed by atoms with Gasteiger partial charge in [-0.05, 0) is 177 Å². The van der Waals surface area contributed by atoms with E-state index in [4.69, 9.17) is 0 Å². The molecule has 4 heteroatoms. The van der Waals surface area contributed by atoms with Gasteiger partial charge in [-0.25, -0.2) is 0 Å². The van der Waals surface area contributed by atoms with Crippen LogP contribution in [0, 0.1) is 21.7 Å². The minimum atomic E-state index is -0.227. The molecule has 2 atom stereocenters. The van der Waals surface area contributed by atoms with E-state index >= 15 is 0 Å². The molecule has 0 aliphatic heterocycles. The minimum absolute atomic E-state index is 0.00547. The first-order valence-corrected chi connectivity index (χ1v) is 30.7. The zero-order valence-electron chi connectivity index (χ0n) is 55.7. The molecule has 4 aliphatic carbocycles. The summed E-state index contributed by atoms with van der Waals surface area (Å²) < 4.78 is 0. The first-order chi connectivity index (χ1) is 39.2. The molecule has 0 saturated carbocycles. The van der Waals surface area contributed by atoms with Gasteiger partial charge < -0.3 is 10.2 Å². The lowest BCUT2D eigenvalue weighted by Gasteiger charge is -2.35. The summed E-state index contributed by atoms with van der Waals surface area (Å²) in [6.07, 6.45) is 65.0. The summed E-state index contributed by atoms with van der Waals surface area (Å²) in [7, 11) is 0. The van der Waals surface area contributed by atoms with Gasteiger partial charge in [0.15, 0.2) is 11.6 Å². The van der Waals surface area contributed by atoms with Crippen LogP contribution in [0.25, 0.3) is 0 Å². The van der Waals surface area contributed by atoms with Gasteiger partial charge in [0, 0.05) is 12.8 Å². The Morgan fingerprint density at radius 1 is 0.345 bits per heavy atom. The van der Waals surface area contributed by atoms with Crippen molar-refractivity contribution in [3.8, 4) is 0 Å². The molecule has 0 fully saturated rings. The Balaban J connectivity index is 0.000000440. The largest absolute Gasteiger partial charge is 0.393 e. The Kier molecular flexibility index (Phi) is 29.0. The van der Waals surface area contributed by atoms with Crippen molar-refractivity contribution in [2.45, 2.75) is 202 Å². The highest BCUT2D eigenvalue weighted by Gasteiger charge is 2.34. The van der Waals surface area contributed by atoms with Crippen molar-refractivity contribution in [1.82, 2.24) is 0 Å². The summed E-state index contributed by atoms with van der Waals surface area (Å²) in [5.41, 5.74) is 18.9. The maximum Gasteiger partial charge on any atom is 0.158 e. The van der Waals surface area contributed by atoms with Gasteiger partial charge in [0.1, 0.15) is 0 Å². The molecule has 0 aromatic rings. The van der Waals surface area contributed by atoms with E-state index in [1.54, 1.807) is 0 Å². The predicted octanol–water partition coefficient (Wildman–Crippen LogP) is 21.5. The van der Waals surface area contributed by atoms with Crippen molar-refractivity contribution < 1.29 is 19.8 Å². The zero-order chi connectivity index (χ0) is 63.0. The highest BCUT2D eigenvalue weighted by molar-refractivity contribution is 5.97. The minimum Gasteiger partial charge on any atom is -0.393 e. The van der Waals surface area contributed by atoms with Crippen LogP contribution in [0.1, 0.15) is 190 Å². The Morgan fingerprint density at radius 2 is 0.571 bits per heavy atom. The molecule has 0 spiro atoms. The normalized spacial score (nSPS) is 23.3. The number of Topliss-reactive ketones (excluding diaryl/α,β-unsaturated/α-hetero) is 2. The van der Waals surface area contributed by atoms with E-state index in [1.165, 1.54) is 44.6 Å². The molecule has 452 valence electrons. The fraction of sp³-hybridized carbons (Fsp3) is 0.425. The van der Waals surface area contributed by atoms with Gasteiger partial charge in [0.2, 0.25) is 0 Å². The molecule has 0 aromatic heterocycles. The van der Waals surface area contributed by atoms with Gasteiger partial charge >= 0.3 is 0 Å². The first kappa shape index (κ1) is 71.8. The second kappa shape index (κ2) is 33.9. The van der Waals surface area contributed by atoms with Crippen LogP contribution in [0.15, 0.2) is 259 Å². The van der Waals surface area contributed by atoms with Gasteiger partial charge in [-0.15, -0.1) is 0 Å². The lowest BCUT2D eigenvalue weighted by molar-refractivity contribution is -0.117. The van der Waals surface area contributed by atoms with Crippen molar-refractivity contribution in [3.05, 3.63) is 259 Å². The Morgan fingerprint density at radius 3 is 0.821 bits per heavy atom. The van der Waals surface area contributed by atoms with Crippen molar-refractivity contribution in [2.75, 3.05) is 0 Å². The molecule has 0 saturated heterocycles. The standard InChI is InChI=1S/C40H56O2.C40H52O2/c1-29(17-13-19-31(3)21-23-37-33(5)25-35(41)27-39(37,7)8)15-11-12-16-30(2)18-14-20-32(4)22-24-38-34(6)26-36(42)28-40(38,9)10;1-29(17-13-19-31(3)21-23-35-33(5)37(41)25-27-39(35,7)8)15-11-12-16-30(2)18-14-20-32(4)22-24-36-34(6)38(42)26-28-40(36,9)10/h11-24,35-36,41-42H,25-28H2,1-10H3;11-24H,25-28H2,1-10H3/b2*12-11+,17-13+,18-14+,23-21+,24-22+,29-15+,30-16+,31-19+,32-20+/t35-,36-;/m1./s1. The van der Waals surface area contributed by atoms with Crippen molar-refractivity contribution in [2.24, 2.45) is 21.7 Å². The molecule has 0 radical (unpaired) electrons. The molecule has 0 heterocycles. The molecule has 2 N–H and O–H groups in total. The van der Waals surface area contributed by atoms with Crippen LogP contribution < -0.4 is 0 Å². The molecular weight excluding hydrogens is 1020 g/mol. The quantitative estimate of drug-likeness (QED) is 0.119. The number of rotatable bonds is 20. The molecule has 84 heavy (non-hydrogen) atoms. The van der Waals surface area contributed by atoms with E-state index in [0.29, 0.717) is 12.8 Å². The molecular formula is C80H108O4. The third kappa shape index (κ3) is 25.0. The molecule has 4 aliphatic rings. The number of aliphatic hydroxyl groups excluding tert-OH is 2. The summed E-state index contributed by atoms with van der Waals surface area (Å²) >= 11 is 0. The third-order valence-corrected chi connectivity index (χ3v) is 16.6. The SMILES string of the molecule is CC1=C(/C=C/C(C)=C/C=C/C(C)=C/C=C/C=C(C)/C=C/C=C(C)/C=C/C2=C(C)C(=O)CCC2(C)C)C(C)(C)CCC1=O.CC1=C(/C=C/C(C)=C/C=C/C(C)=C/C=C/C=C(C)/C=C/C=C(C)/C=C/C2=C(C)C[C@@H](O)CC2(C)C)C(C)(C)C[C@H](O)C1. The van der Waals surface area contributed by atoms with Crippen LogP contribution in [0.5, 0.6) is 0 Å². The van der Waals surface area contributed by atoms with Crippen molar-refractivity contribution >= 4 is 11.6 Å². The summed E-state index contributed by atoms with van der Waals surface area (Å²) in [5, 5.41) is 20.2. The molecule has 0 aromatic carbocycles. The van der Waals surface area contributed by atoms with Crippen LogP contribution in [-0.2, 0) is 9.59 Å². The topological polar surface area (TPSA) is 74.6 Å². The molecule has 0 unspecified atom stereocenters. The van der Waals surface area contributed by atoms with Crippen molar-refractivity contribution in [1.29, 1.82) is 0 Å². The fourth-order valence-corrected chi connectivity index (χ4v) is 11.4. The summed E-state index contributed by atoms with van der Waals surface area (Å²) in [5.74, 6) is 0.542. The van der Waals surface area contributed by atoms with Gasteiger partial charge in [-0.1, -0.05) is 281 Å². The summed E-state index contributed by atoms with van der Waals surface area (Å²) in [6.45, 7) is 42.7. The van der Waals surface area contributed by atoms with Crippen LogP contribution in [-0.4, -0.2) is 34.0 Å². The Labute approximate surface area is 511 Å². The second-order valence-corrected chi connectivity index (χ2v) is 26.8. The molecule has 4 nitrogen and oxygen atoms in total. The smallest absolute Gasteiger partial charge is 0.158 e. The maximum atomic E-state index is 12.2. The van der Waals surface area contributed by atoms with Crippen molar-refractivity contribution in [3.63, 3.8) is 0 Å². The number of carbonyl (C=O) groups excluding carboxylic acids is 2. The van der Waals surface area contributed by atoms with E-state index in [2.05, 4.69) is 295 Å². The predicted molar refractivity (Wildman–Crippen MR) is 366 cm³/mol. The highest BCUT2D eigenvalue weighted by atomic mass is 16.3. The number of hydrogen-bond donors (Lipinski definition) is 2. The highest BCUT2D eigenvalue weighted by Crippen LogP contribution is 2.43. The summed E-state index contributed by atoms with van der Waals surface area (Å²) in [6, 6.07) is 0. The van der Waals surface area contributed by atoms with Gasteiger partial charge in [-0.3, -0.25) is 9.59 Å². The lowest BCUT2D eigenvalue weighted by Crippen LogP contribution is -2.28. The molecule has 0 amide bonds. The van der Waals surface area contributed by atoms with Gasteiger partial charge in [0.25, 0.3) is 0 Å². The molecule has 4 rings (SSSR count). The molecule has 0 bridgehead atoms. The van der Waals surface area contributed by atoms with Crippen LogP contribution in [0.3, 0.4) is 0 Å². The monoisotopic (exact) mass is 1130 g/mol. The Bertz CT molecular complexity index is 2880. The number of allylic oxidation sites excluding steroid dienone is 42. The maximum absolute atomic E-state index is 12.2. The van der Waals surface area contributed by atoms with E-state index in [0.717, 1.165) is 83.1 Å². The van der Waals surface area contributed by atoms with Crippen LogP contribution in [0.4, 0.5) is 0 Å². The third-order valence-electron chi connectivity index (χ3n) is 16.6. The van der Waals surface area contributed by atoms with Gasteiger partial charge in [-0.2, -0.15) is 0 Å². The second-order valence-electron chi connectivity index (χ2n) is 26.8. The zero-order valence-corrected chi connectivity index (χ0v) is 55.7.